The Labute approximate surface area is 140 Å². The van der Waals surface area contributed by atoms with Gasteiger partial charge in [-0.1, -0.05) is 17.7 Å². The van der Waals surface area contributed by atoms with Crippen molar-refractivity contribution >= 4 is 29.5 Å². The summed E-state index contributed by atoms with van der Waals surface area (Å²) in [6.45, 7) is 5.53. The number of thioether (sulfide) groups is 1. The van der Waals surface area contributed by atoms with Gasteiger partial charge in [-0.25, -0.2) is 4.79 Å². The van der Waals surface area contributed by atoms with E-state index in [1.165, 1.54) is 11.8 Å². The molecule has 1 aromatic rings. The van der Waals surface area contributed by atoms with Crippen molar-refractivity contribution in [3.05, 3.63) is 29.8 Å². The molecule has 0 fully saturated rings. The molecule has 0 saturated carbocycles. The highest BCUT2D eigenvalue weighted by atomic mass is 32.2. The third-order valence-corrected chi connectivity index (χ3v) is 4.11. The van der Waals surface area contributed by atoms with E-state index in [-0.39, 0.29) is 19.6 Å². The Hall–Kier alpha value is -1.82. The predicted molar refractivity (Wildman–Crippen MR) is 88.3 cm³/mol. The van der Waals surface area contributed by atoms with Crippen LogP contribution < -0.4 is 0 Å². The number of rotatable bonds is 9. The lowest BCUT2D eigenvalue weighted by atomic mass is 10.0. The van der Waals surface area contributed by atoms with E-state index in [9.17, 15) is 14.4 Å². The number of ketones is 1. The number of esters is 2. The lowest BCUT2D eigenvalue weighted by Crippen LogP contribution is -2.33. The van der Waals surface area contributed by atoms with Crippen molar-refractivity contribution in [2.75, 3.05) is 19.0 Å². The quantitative estimate of drug-likeness (QED) is 0.298. The second-order valence-electron chi connectivity index (χ2n) is 4.84. The van der Waals surface area contributed by atoms with Crippen LogP contribution >= 0.6 is 11.8 Å². The minimum absolute atomic E-state index is 0.0955. The predicted octanol–water partition coefficient (Wildman–Crippen LogP) is 2.79. The maximum absolute atomic E-state index is 12.1. The van der Waals surface area contributed by atoms with Crippen molar-refractivity contribution in [3.63, 3.8) is 0 Å². The van der Waals surface area contributed by atoms with Gasteiger partial charge < -0.3 is 9.47 Å². The average molecular weight is 338 g/mol. The molecular formula is C17H22O5S. The number of benzene rings is 1. The lowest BCUT2D eigenvalue weighted by Gasteiger charge is -2.13. The van der Waals surface area contributed by atoms with Crippen molar-refractivity contribution in [1.29, 1.82) is 0 Å². The van der Waals surface area contributed by atoms with Crippen LogP contribution in [0.25, 0.3) is 0 Å². The Kier molecular flexibility index (Phi) is 8.40. The molecular weight excluding hydrogens is 316 g/mol. The van der Waals surface area contributed by atoms with Crippen LogP contribution in [0.1, 0.15) is 25.8 Å². The molecule has 0 radical (unpaired) electrons. The smallest absolute Gasteiger partial charge is 0.375 e. The first-order chi connectivity index (χ1) is 11.0. The summed E-state index contributed by atoms with van der Waals surface area (Å²) in [6.07, 6.45) is 0.231. The number of carbonyl (C=O) groups is 3. The summed E-state index contributed by atoms with van der Waals surface area (Å²) < 4.78 is 9.58. The van der Waals surface area contributed by atoms with Gasteiger partial charge in [-0.15, -0.1) is 11.8 Å². The van der Waals surface area contributed by atoms with Crippen molar-refractivity contribution in [3.8, 4) is 0 Å². The molecule has 0 amide bonds. The van der Waals surface area contributed by atoms with E-state index < -0.39 is 23.6 Å². The lowest BCUT2D eigenvalue weighted by molar-refractivity contribution is -0.162. The van der Waals surface area contributed by atoms with Gasteiger partial charge in [0.1, 0.15) is 5.92 Å². The highest BCUT2D eigenvalue weighted by Crippen LogP contribution is 2.22. The van der Waals surface area contributed by atoms with E-state index in [0.29, 0.717) is 5.75 Å². The highest BCUT2D eigenvalue weighted by Gasteiger charge is 2.33. The highest BCUT2D eigenvalue weighted by molar-refractivity contribution is 7.99. The Morgan fingerprint density at radius 3 is 2.22 bits per heavy atom. The minimum Gasteiger partial charge on any atom is -0.465 e. The van der Waals surface area contributed by atoms with Crippen LogP contribution in [0.3, 0.4) is 0 Å². The van der Waals surface area contributed by atoms with Gasteiger partial charge in [0.2, 0.25) is 0 Å². The summed E-state index contributed by atoms with van der Waals surface area (Å²) in [7, 11) is 0. The second kappa shape index (κ2) is 10.0. The Bertz CT molecular complexity index is 538. The maximum atomic E-state index is 12.1. The molecule has 0 N–H and O–H groups in total. The van der Waals surface area contributed by atoms with Crippen molar-refractivity contribution in [1.82, 2.24) is 0 Å². The van der Waals surface area contributed by atoms with Gasteiger partial charge in [0.05, 0.1) is 13.2 Å². The third kappa shape index (κ3) is 6.44. The molecule has 1 aromatic carbocycles. The Morgan fingerprint density at radius 1 is 1.04 bits per heavy atom. The number of Topliss-reactive ketones (excluding diaryl/α,β-unsaturated/α-hetero) is 1. The molecule has 126 valence electrons. The molecule has 23 heavy (non-hydrogen) atoms. The average Bonchev–Trinajstić information content (AvgIpc) is 2.53. The molecule has 1 atom stereocenters. The van der Waals surface area contributed by atoms with Gasteiger partial charge in [0.25, 0.3) is 5.78 Å². The molecule has 0 aliphatic rings. The van der Waals surface area contributed by atoms with E-state index in [4.69, 9.17) is 4.74 Å². The Balaban J connectivity index is 2.65. The molecule has 0 heterocycles. The van der Waals surface area contributed by atoms with Gasteiger partial charge >= 0.3 is 11.9 Å². The van der Waals surface area contributed by atoms with E-state index >= 15 is 0 Å². The maximum Gasteiger partial charge on any atom is 0.375 e. The zero-order valence-corrected chi connectivity index (χ0v) is 14.5. The van der Waals surface area contributed by atoms with Crippen LogP contribution in [0.15, 0.2) is 29.2 Å². The molecule has 6 heteroatoms. The standard InChI is InChI=1S/C17H22O5S/c1-4-21-16(19)14(15(18)17(20)22-5-2)10-11-23-13-8-6-12(3)7-9-13/h6-9,14H,4-5,10-11H2,1-3H3. The monoisotopic (exact) mass is 338 g/mol. The Morgan fingerprint density at radius 2 is 1.65 bits per heavy atom. The van der Waals surface area contributed by atoms with E-state index in [0.717, 1.165) is 10.5 Å². The van der Waals surface area contributed by atoms with Gasteiger partial charge in [-0.3, -0.25) is 9.59 Å². The number of hydrogen-bond acceptors (Lipinski definition) is 6. The molecule has 0 aromatic heterocycles. The number of aryl methyl sites for hydroxylation is 1. The van der Waals surface area contributed by atoms with Crippen LogP contribution in [0.4, 0.5) is 0 Å². The number of carbonyl (C=O) groups excluding carboxylic acids is 3. The fraction of sp³-hybridized carbons (Fsp3) is 0.471. The van der Waals surface area contributed by atoms with E-state index in [2.05, 4.69) is 4.74 Å². The summed E-state index contributed by atoms with van der Waals surface area (Å²) >= 11 is 1.52. The number of hydrogen-bond donors (Lipinski definition) is 0. The largest absolute Gasteiger partial charge is 0.465 e. The molecule has 0 saturated heterocycles. The first kappa shape index (κ1) is 19.2. The summed E-state index contributed by atoms with van der Waals surface area (Å²) in [5.41, 5.74) is 1.16. The van der Waals surface area contributed by atoms with Crippen molar-refractivity contribution in [2.45, 2.75) is 32.1 Å². The molecule has 0 aliphatic heterocycles. The van der Waals surface area contributed by atoms with Crippen molar-refractivity contribution < 1.29 is 23.9 Å². The molecule has 1 rings (SSSR count). The van der Waals surface area contributed by atoms with Gasteiger partial charge in [-0.05, 0) is 45.1 Å². The fourth-order valence-corrected chi connectivity index (χ4v) is 2.79. The topological polar surface area (TPSA) is 69.7 Å². The van der Waals surface area contributed by atoms with Gasteiger partial charge in [-0.2, -0.15) is 0 Å². The van der Waals surface area contributed by atoms with Crippen LogP contribution in [-0.2, 0) is 23.9 Å². The van der Waals surface area contributed by atoms with Crippen molar-refractivity contribution in [2.24, 2.45) is 5.92 Å². The minimum atomic E-state index is -1.10. The zero-order chi connectivity index (χ0) is 17.2. The van der Waals surface area contributed by atoms with Crippen LogP contribution in [0, 0.1) is 12.8 Å². The normalized spacial score (nSPS) is 11.6. The number of ether oxygens (including phenoxy) is 2. The van der Waals surface area contributed by atoms with Crippen LogP contribution in [0.5, 0.6) is 0 Å². The first-order valence-corrected chi connectivity index (χ1v) is 8.55. The molecule has 1 unspecified atom stereocenters. The van der Waals surface area contributed by atoms with Crippen LogP contribution in [-0.4, -0.2) is 36.7 Å². The summed E-state index contributed by atoms with van der Waals surface area (Å²) in [6, 6.07) is 7.95. The second-order valence-corrected chi connectivity index (χ2v) is 6.01. The fourth-order valence-electron chi connectivity index (χ4n) is 1.87. The molecule has 0 aliphatic carbocycles. The van der Waals surface area contributed by atoms with Crippen LogP contribution in [0.2, 0.25) is 0 Å². The third-order valence-electron chi connectivity index (χ3n) is 3.06. The van der Waals surface area contributed by atoms with E-state index in [1.807, 2.05) is 31.2 Å². The molecule has 0 bridgehead atoms. The zero-order valence-electron chi connectivity index (χ0n) is 13.7. The summed E-state index contributed by atoms with van der Waals surface area (Å²) in [5.74, 6) is -3.07. The van der Waals surface area contributed by atoms with Gasteiger partial charge in [0.15, 0.2) is 0 Å². The summed E-state index contributed by atoms with van der Waals surface area (Å²) in [5, 5.41) is 0. The SMILES string of the molecule is CCOC(=O)C(=O)C(CCSc1ccc(C)cc1)C(=O)OCC. The first-order valence-electron chi connectivity index (χ1n) is 7.56. The van der Waals surface area contributed by atoms with E-state index in [1.54, 1.807) is 13.8 Å². The summed E-state index contributed by atoms with van der Waals surface area (Å²) in [4.78, 5) is 36.6. The molecule has 5 nitrogen and oxygen atoms in total. The van der Waals surface area contributed by atoms with Gasteiger partial charge in [0, 0.05) is 4.90 Å². The molecule has 0 spiro atoms.